The van der Waals surface area contributed by atoms with Crippen LogP contribution in [-0.4, -0.2) is 70.7 Å². The van der Waals surface area contributed by atoms with Crippen LogP contribution in [0.3, 0.4) is 0 Å². The minimum absolute atomic E-state index is 0.0108. The van der Waals surface area contributed by atoms with Gasteiger partial charge in [-0.2, -0.15) is 0 Å². The van der Waals surface area contributed by atoms with Crippen molar-refractivity contribution in [3.8, 4) is 0 Å². The number of esters is 1. The second-order valence-corrected chi connectivity index (χ2v) is 18.8. The summed E-state index contributed by atoms with van der Waals surface area (Å²) in [4.78, 5) is 25.2. The van der Waals surface area contributed by atoms with Crippen LogP contribution in [0.2, 0.25) is 0 Å². The van der Waals surface area contributed by atoms with Gasteiger partial charge in [-0.05, 0) is 103 Å². The second-order valence-electron chi connectivity index (χ2n) is 17.4. The summed E-state index contributed by atoms with van der Waals surface area (Å²) in [5, 5.41) is 0. The summed E-state index contributed by atoms with van der Waals surface area (Å²) in [5.41, 5.74) is 0. The summed E-state index contributed by atoms with van der Waals surface area (Å²) in [6.45, 7) is 5.09. The lowest BCUT2D eigenvalue weighted by Crippen LogP contribution is -2.37. The molecular formula is C56H94NO7P. The lowest BCUT2D eigenvalue weighted by atomic mass is 10.1. The third-order valence-electron chi connectivity index (χ3n) is 10.0. The van der Waals surface area contributed by atoms with E-state index in [4.69, 9.17) is 18.5 Å². The van der Waals surface area contributed by atoms with Crippen LogP contribution in [0, 0.1) is 0 Å². The zero-order valence-corrected chi connectivity index (χ0v) is 42.8. The number of carbonyl (C=O) groups is 1. The molecule has 0 aromatic rings. The minimum Gasteiger partial charge on any atom is -0.756 e. The Hall–Kier alpha value is -3.10. The van der Waals surface area contributed by atoms with Crippen molar-refractivity contribution in [2.75, 3.05) is 54.1 Å². The first kappa shape index (κ1) is 61.9. The molecule has 0 N–H and O–H groups in total. The molecule has 370 valence electrons. The Morgan fingerprint density at radius 2 is 0.846 bits per heavy atom. The highest BCUT2D eigenvalue weighted by Gasteiger charge is 2.20. The van der Waals surface area contributed by atoms with Crippen molar-refractivity contribution in [3.05, 3.63) is 122 Å². The molecule has 0 amide bonds. The number of quaternary nitrogens is 1. The normalized spacial score (nSPS) is 14.6. The number of carbonyl (C=O) groups excluding carboxylic acids is 1. The van der Waals surface area contributed by atoms with Gasteiger partial charge in [-0.25, -0.2) is 0 Å². The number of rotatable bonds is 45. The fourth-order valence-electron chi connectivity index (χ4n) is 6.19. The molecule has 0 heterocycles. The molecule has 0 bridgehead atoms. The maximum Gasteiger partial charge on any atom is 0.306 e. The Kier molecular flexibility index (Phi) is 45.1. The molecule has 0 rings (SSSR count). The molecule has 2 unspecified atom stereocenters. The largest absolute Gasteiger partial charge is 0.756 e. The smallest absolute Gasteiger partial charge is 0.306 e. The van der Waals surface area contributed by atoms with E-state index in [0.29, 0.717) is 17.6 Å². The summed E-state index contributed by atoms with van der Waals surface area (Å²) >= 11 is 0. The highest BCUT2D eigenvalue weighted by atomic mass is 31.2. The van der Waals surface area contributed by atoms with Gasteiger partial charge in [0.25, 0.3) is 7.82 Å². The molecule has 9 heteroatoms. The number of nitrogens with zero attached hydrogens (tertiary/aromatic N) is 1. The average Bonchev–Trinajstić information content (AvgIpc) is 3.27. The first-order valence-corrected chi connectivity index (χ1v) is 26.7. The maximum absolute atomic E-state index is 12.7. The number of ether oxygens (including phenoxy) is 2. The lowest BCUT2D eigenvalue weighted by molar-refractivity contribution is -0.870. The van der Waals surface area contributed by atoms with E-state index in [1.54, 1.807) is 0 Å². The van der Waals surface area contributed by atoms with Crippen molar-refractivity contribution in [3.63, 3.8) is 0 Å². The standard InChI is InChI=1S/C56H94NO7P/c1-6-8-10-12-14-16-18-20-22-24-26-28-30-32-34-36-38-40-42-44-46-48-51-61-53-55(54-63-65(59,60)62-52-50-57(3,4)5)64-56(58)49-47-45-43-41-39-37-35-33-31-29-27-25-23-21-19-17-15-13-11-9-7-2/h8-11,14-17,20-23,26-29,32-35,55H,6-7,12-13,18-19,24-25,30-31,36-54H2,1-5H3/b10-8-,11-9-,16-14-,17-15-,22-20-,23-21-,28-26-,29-27-,34-32-,35-33-. The van der Waals surface area contributed by atoms with E-state index in [1.165, 1.54) is 19.3 Å². The van der Waals surface area contributed by atoms with Gasteiger partial charge < -0.3 is 27.9 Å². The van der Waals surface area contributed by atoms with Gasteiger partial charge in [0.15, 0.2) is 0 Å². The predicted octanol–water partition coefficient (Wildman–Crippen LogP) is 15.1. The Labute approximate surface area is 399 Å². The van der Waals surface area contributed by atoms with Gasteiger partial charge in [-0.15, -0.1) is 0 Å². The number of hydrogen-bond acceptors (Lipinski definition) is 7. The third kappa shape index (κ3) is 51.7. The fourth-order valence-corrected chi connectivity index (χ4v) is 6.92. The molecule has 65 heavy (non-hydrogen) atoms. The first-order valence-electron chi connectivity index (χ1n) is 25.3. The van der Waals surface area contributed by atoms with Gasteiger partial charge in [0.05, 0.1) is 34.4 Å². The van der Waals surface area contributed by atoms with Crippen molar-refractivity contribution in [2.24, 2.45) is 0 Å². The highest BCUT2D eigenvalue weighted by molar-refractivity contribution is 7.45. The van der Waals surface area contributed by atoms with Crippen molar-refractivity contribution < 1.29 is 37.3 Å². The predicted molar refractivity (Wildman–Crippen MR) is 277 cm³/mol. The van der Waals surface area contributed by atoms with Crippen LogP contribution >= 0.6 is 7.82 Å². The van der Waals surface area contributed by atoms with E-state index in [1.807, 2.05) is 21.1 Å². The van der Waals surface area contributed by atoms with Crippen LogP contribution in [-0.2, 0) is 27.9 Å². The average molecular weight is 924 g/mol. The Balaban J connectivity index is 4.28. The van der Waals surface area contributed by atoms with Gasteiger partial charge in [0.1, 0.15) is 19.3 Å². The number of likely N-dealkylation sites (N-methyl/N-ethyl adjacent to an activating group) is 1. The molecule has 2 atom stereocenters. The van der Waals surface area contributed by atoms with Crippen LogP contribution < -0.4 is 4.89 Å². The highest BCUT2D eigenvalue weighted by Crippen LogP contribution is 2.38. The molecule has 0 aromatic carbocycles. The summed E-state index contributed by atoms with van der Waals surface area (Å²) < 4.78 is 34.7. The topological polar surface area (TPSA) is 94.1 Å². The van der Waals surface area contributed by atoms with E-state index in [9.17, 15) is 14.3 Å². The van der Waals surface area contributed by atoms with E-state index >= 15 is 0 Å². The number of unbranched alkanes of at least 4 members (excludes halogenated alkanes) is 11. The van der Waals surface area contributed by atoms with Gasteiger partial charge in [0.2, 0.25) is 0 Å². The van der Waals surface area contributed by atoms with E-state index < -0.39 is 13.9 Å². The molecule has 0 fully saturated rings. The van der Waals surface area contributed by atoms with Crippen LogP contribution in [0.25, 0.3) is 0 Å². The molecule has 0 radical (unpaired) electrons. The molecule has 0 saturated heterocycles. The Morgan fingerprint density at radius 3 is 1.26 bits per heavy atom. The fraction of sp³-hybridized carbons (Fsp3) is 0.625. The molecule has 0 aliphatic heterocycles. The van der Waals surface area contributed by atoms with Gasteiger partial charge in [0, 0.05) is 13.0 Å². The monoisotopic (exact) mass is 924 g/mol. The first-order chi connectivity index (χ1) is 31.6. The van der Waals surface area contributed by atoms with Crippen LogP contribution in [0.15, 0.2) is 122 Å². The summed E-state index contributed by atoms with van der Waals surface area (Å²) in [7, 11) is 1.31. The van der Waals surface area contributed by atoms with Gasteiger partial charge in [-0.1, -0.05) is 180 Å². The van der Waals surface area contributed by atoms with E-state index in [-0.39, 0.29) is 32.2 Å². The second kappa shape index (κ2) is 47.4. The van der Waals surface area contributed by atoms with E-state index in [0.717, 1.165) is 128 Å². The zero-order chi connectivity index (χ0) is 47.6. The molecule has 0 saturated carbocycles. The minimum atomic E-state index is -4.55. The number of phosphoric ester groups is 1. The van der Waals surface area contributed by atoms with Crippen LogP contribution in [0.5, 0.6) is 0 Å². The van der Waals surface area contributed by atoms with Crippen molar-refractivity contribution >= 4 is 13.8 Å². The summed E-state index contributed by atoms with van der Waals surface area (Å²) in [5.74, 6) is -0.364. The van der Waals surface area contributed by atoms with Crippen molar-refractivity contribution in [1.29, 1.82) is 0 Å². The van der Waals surface area contributed by atoms with Crippen LogP contribution in [0.4, 0.5) is 0 Å². The molecular weight excluding hydrogens is 830 g/mol. The zero-order valence-electron chi connectivity index (χ0n) is 41.9. The third-order valence-corrected chi connectivity index (χ3v) is 11.0. The van der Waals surface area contributed by atoms with E-state index in [2.05, 4.69) is 135 Å². The molecule has 0 aliphatic carbocycles. The summed E-state index contributed by atoms with van der Waals surface area (Å²) in [6, 6.07) is 0. The Bertz CT molecular complexity index is 1450. The van der Waals surface area contributed by atoms with Crippen molar-refractivity contribution in [2.45, 2.75) is 174 Å². The van der Waals surface area contributed by atoms with Crippen LogP contribution in [0.1, 0.15) is 168 Å². The lowest BCUT2D eigenvalue weighted by Gasteiger charge is -2.28. The number of allylic oxidation sites excluding steroid dienone is 20. The molecule has 8 nitrogen and oxygen atoms in total. The maximum atomic E-state index is 12.7. The number of phosphoric acid groups is 1. The molecule has 0 aliphatic rings. The number of hydrogen-bond donors (Lipinski definition) is 0. The molecule has 0 aromatic heterocycles. The SMILES string of the molecule is CC/C=C\C/C=C\C/C=C\C/C=C\C/C=C\CCCCCCCCOCC(COP(=O)([O-])OCC[N+](C)(C)C)OC(=O)CCCCCCC/C=C\C/C=C\C/C=C\C/C=C\C/C=C\CC. The molecule has 0 spiro atoms. The van der Waals surface area contributed by atoms with Gasteiger partial charge >= 0.3 is 5.97 Å². The summed E-state index contributed by atoms with van der Waals surface area (Å²) in [6.07, 6.45) is 67.9. The Morgan fingerprint density at radius 1 is 0.477 bits per heavy atom. The quantitative estimate of drug-likeness (QED) is 0.0197. The van der Waals surface area contributed by atoms with Crippen molar-refractivity contribution in [1.82, 2.24) is 0 Å². The van der Waals surface area contributed by atoms with Gasteiger partial charge in [-0.3, -0.25) is 9.36 Å².